The maximum atomic E-state index is 12.2. The number of hydrogen-bond acceptors (Lipinski definition) is 5. The predicted octanol–water partition coefficient (Wildman–Crippen LogP) is 2.30. The van der Waals surface area contributed by atoms with Gasteiger partial charge in [-0.2, -0.15) is 11.8 Å². The van der Waals surface area contributed by atoms with E-state index in [2.05, 4.69) is 10.4 Å². The zero-order valence-corrected chi connectivity index (χ0v) is 14.0. The summed E-state index contributed by atoms with van der Waals surface area (Å²) in [5.41, 5.74) is 1.12. The van der Waals surface area contributed by atoms with E-state index in [9.17, 15) is 9.90 Å². The Kier molecular flexibility index (Phi) is 4.86. The molecule has 6 heteroatoms. The standard InChI is InChI=1S/C15H22N2O2S2/c1-10-16-12(9-21-10)8-20-5-4-15(19)17-6-11-2-3-14(18)13(11)7-17/h9,11,13-14,18H,2-8H2,1H3. The van der Waals surface area contributed by atoms with Crippen molar-refractivity contribution in [1.82, 2.24) is 9.88 Å². The van der Waals surface area contributed by atoms with Gasteiger partial charge >= 0.3 is 0 Å². The summed E-state index contributed by atoms with van der Waals surface area (Å²) >= 11 is 3.45. The van der Waals surface area contributed by atoms with Gasteiger partial charge in [-0.3, -0.25) is 4.79 Å². The topological polar surface area (TPSA) is 53.4 Å². The highest BCUT2D eigenvalue weighted by Crippen LogP contribution is 2.38. The van der Waals surface area contributed by atoms with Crippen molar-refractivity contribution in [2.75, 3.05) is 18.8 Å². The van der Waals surface area contributed by atoms with E-state index in [-0.39, 0.29) is 12.0 Å². The molecule has 0 aromatic carbocycles. The average Bonchev–Trinajstić information content (AvgIpc) is 3.13. The third kappa shape index (κ3) is 3.60. The van der Waals surface area contributed by atoms with Gasteiger partial charge in [0.2, 0.25) is 5.91 Å². The van der Waals surface area contributed by atoms with Crippen molar-refractivity contribution >= 4 is 29.0 Å². The third-order valence-corrected chi connectivity index (χ3v) is 6.36. The lowest BCUT2D eigenvalue weighted by Crippen LogP contribution is -2.31. The monoisotopic (exact) mass is 326 g/mol. The molecule has 3 rings (SSSR count). The van der Waals surface area contributed by atoms with Crippen LogP contribution in [0.3, 0.4) is 0 Å². The highest BCUT2D eigenvalue weighted by atomic mass is 32.2. The van der Waals surface area contributed by atoms with Gasteiger partial charge in [0.25, 0.3) is 0 Å². The molecule has 1 saturated heterocycles. The van der Waals surface area contributed by atoms with Crippen molar-refractivity contribution < 1.29 is 9.90 Å². The van der Waals surface area contributed by atoms with E-state index < -0.39 is 0 Å². The van der Waals surface area contributed by atoms with Crippen LogP contribution in [0.25, 0.3) is 0 Å². The first-order valence-electron chi connectivity index (χ1n) is 7.58. The summed E-state index contributed by atoms with van der Waals surface area (Å²) in [6.07, 6.45) is 2.41. The minimum absolute atomic E-state index is 0.185. The normalized spacial score (nSPS) is 28.1. The summed E-state index contributed by atoms with van der Waals surface area (Å²) in [7, 11) is 0. The van der Waals surface area contributed by atoms with Gasteiger partial charge in [-0.15, -0.1) is 11.3 Å². The SMILES string of the molecule is Cc1nc(CSCCC(=O)N2CC3CCC(O)C3C2)cs1. The van der Waals surface area contributed by atoms with Gasteiger partial charge in [-0.1, -0.05) is 0 Å². The molecule has 1 saturated carbocycles. The van der Waals surface area contributed by atoms with E-state index in [0.29, 0.717) is 18.3 Å². The number of thiazole rings is 1. The predicted molar refractivity (Wildman–Crippen MR) is 86.4 cm³/mol. The van der Waals surface area contributed by atoms with Crippen LogP contribution in [-0.4, -0.2) is 45.8 Å². The number of carbonyl (C=O) groups excluding carboxylic acids is 1. The average molecular weight is 326 g/mol. The summed E-state index contributed by atoms with van der Waals surface area (Å²) in [4.78, 5) is 18.6. The van der Waals surface area contributed by atoms with Gasteiger partial charge in [-0.25, -0.2) is 4.98 Å². The molecule has 3 unspecified atom stereocenters. The summed E-state index contributed by atoms with van der Waals surface area (Å²) in [5.74, 6) is 2.86. The molecule has 0 bridgehead atoms. The third-order valence-electron chi connectivity index (χ3n) is 4.55. The van der Waals surface area contributed by atoms with E-state index in [1.165, 1.54) is 0 Å². The molecular formula is C15H22N2O2S2. The number of aryl methyl sites for hydroxylation is 1. The van der Waals surface area contributed by atoms with E-state index in [4.69, 9.17) is 0 Å². The Balaban J connectivity index is 1.37. The van der Waals surface area contributed by atoms with Crippen molar-refractivity contribution in [3.05, 3.63) is 16.1 Å². The minimum atomic E-state index is -0.185. The quantitative estimate of drug-likeness (QED) is 0.844. The lowest BCUT2D eigenvalue weighted by Gasteiger charge is -2.18. The van der Waals surface area contributed by atoms with Crippen LogP contribution in [0.15, 0.2) is 5.38 Å². The van der Waals surface area contributed by atoms with Crippen molar-refractivity contribution in [2.24, 2.45) is 11.8 Å². The first kappa shape index (κ1) is 15.3. The zero-order valence-electron chi connectivity index (χ0n) is 12.3. The van der Waals surface area contributed by atoms with E-state index in [1.807, 2.05) is 11.8 Å². The Morgan fingerprint density at radius 2 is 2.38 bits per heavy atom. The largest absolute Gasteiger partial charge is 0.393 e. The van der Waals surface area contributed by atoms with Crippen molar-refractivity contribution in [1.29, 1.82) is 0 Å². The van der Waals surface area contributed by atoms with Crippen LogP contribution in [-0.2, 0) is 10.5 Å². The van der Waals surface area contributed by atoms with Gasteiger partial charge in [0, 0.05) is 42.3 Å². The Labute approximate surface area is 133 Å². The first-order chi connectivity index (χ1) is 10.1. The van der Waals surface area contributed by atoms with Gasteiger partial charge in [0.1, 0.15) is 0 Å². The molecule has 0 spiro atoms. The van der Waals surface area contributed by atoms with Crippen molar-refractivity contribution in [2.45, 2.75) is 38.0 Å². The summed E-state index contributed by atoms with van der Waals surface area (Å²) in [6, 6.07) is 0. The number of hydrogen-bond donors (Lipinski definition) is 1. The molecule has 116 valence electrons. The number of fused-ring (bicyclic) bond motifs is 1. The summed E-state index contributed by atoms with van der Waals surface area (Å²) in [6.45, 7) is 3.64. The maximum Gasteiger partial charge on any atom is 0.223 e. The lowest BCUT2D eigenvalue weighted by atomic mass is 10.00. The van der Waals surface area contributed by atoms with Crippen LogP contribution in [0, 0.1) is 18.8 Å². The van der Waals surface area contributed by atoms with Crippen molar-refractivity contribution in [3.63, 3.8) is 0 Å². The second kappa shape index (κ2) is 6.67. The molecule has 1 aliphatic heterocycles. The van der Waals surface area contributed by atoms with Crippen LogP contribution in [0.2, 0.25) is 0 Å². The number of rotatable bonds is 5. The summed E-state index contributed by atoms with van der Waals surface area (Å²) in [5, 5.41) is 13.1. The molecule has 4 nitrogen and oxygen atoms in total. The molecule has 1 amide bonds. The van der Waals surface area contributed by atoms with Crippen LogP contribution < -0.4 is 0 Å². The number of amides is 1. The number of likely N-dealkylation sites (tertiary alicyclic amines) is 1. The molecule has 2 fully saturated rings. The van der Waals surface area contributed by atoms with E-state index in [0.717, 1.165) is 48.1 Å². The molecule has 1 aromatic heterocycles. The molecule has 1 N–H and O–H groups in total. The fourth-order valence-corrected chi connectivity index (χ4v) is 4.95. The Morgan fingerprint density at radius 1 is 1.52 bits per heavy atom. The van der Waals surface area contributed by atoms with Gasteiger partial charge in [0.15, 0.2) is 0 Å². The second-order valence-corrected chi connectivity index (χ2v) is 8.20. The number of aliphatic hydroxyl groups excluding tert-OH is 1. The van der Waals surface area contributed by atoms with Gasteiger partial charge < -0.3 is 10.0 Å². The fourth-order valence-electron chi connectivity index (χ4n) is 3.41. The molecule has 1 aliphatic carbocycles. The van der Waals surface area contributed by atoms with Crippen LogP contribution in [0.5, 0.6) is 0 Å². The number of aliphatic hydroxyl groups is 1. The second-order valence-electron chi connectivity index (χ2n) is 6.03. The molecule has 3 atom stereocenters. The minimum Gasteiger partial charge on any atom is -0.393 e. The highest BCUT2D eigenvalue weighted by Gasteiger charge is 2.42. The van der Waals surface area contributed by atoms with Crippen molar-refractivity contribution in [3.8, 4) is 0 Å². The molecule has 21 heavy (non-hydrogen) atoms. The molecule has 2 aliphatic rings. The molecule has 1 aromatic rings. The van der Waals surface area contributed by atoms with Crippen LogP contribution in [0.1, 0.15) is 30.0 Å². The Hall–Kier alpha value is -0.590. The molecule has 2 heterocycles. The smallest absolute Gasteiger partial charge is 0.223 e. The Morgan fingerprint density at radius 3 is 3.10 bits per heavy atom. The zero-order chi connectivity index (χ0) is 14.8. The van der Waals surface area contributed by atoms with Crippen LogP contribution >= 0.6 is 23.1 Å². The van der Waals surface area contributed by atoms with E-state index in [1.54, 1.807) is 23.1 Å². The van der Waals surface area contributed by atoms with Crippen LogP contribution in [0.4, 0.5) is 0 Å². The number of carbonyl (C=O) groups is 1. The van der Waals surface area contributed by atoms with Gasteiger partial charge in [0.05, 0.1) is 16.8 Å². The molecule has 0 radical (unpaired) electrons. The van der Waals surface area contributed by atoms with E-state index >= 15 is 0 Å². The lowest BCUT2D eigenvalue weighted by molar-refractivity contribution is -0.130. The molecular weight excluding hydrogens is 304 g/mol. The number of aromatic nitrogens is 1. The number of nitrogens with zero attached hydrogens (tertiary/aromatic N) is 2. The maximum absolute atomic E-state index is 12.2. The Bertz CT molecular complexity index is 506. The van der Waals surface area contributed by atoms with Gasteiger partial charge in [-0.05, 0) is 25.7 Å². The fraction of sp³-hybridized carbons (Fsp3) is 0.733. The highest BCUT2D eigenvalue weighted by molar-refractivity contribution is 7.98. The summed E-state index contributed by atoms with van der Waals surface area (Å²) < 4.78 is 0. The number of thioether (sulfide) groups is 1. The first-order valence-corrected chi connectivity index (χ1v) is 9.61.